The van der Waals surface area contributed by atoms with Gasteiger partial charge in [-0.15, -0.1) is 11.3 Å². The Morgan fingerprint density at radius 2 is 1.61 bits per heavy atom. The number of methoxy groups -OCH3 is 1. The first kappa shape index (κ1) is 32.2. The Morgan fingerprint density at radius 1 is 1.00 bits per heavy atom. The zero-order valence-corrected chi connectivity index (χ0v) is 27.1. The Kier molecular flexibility index (Phi) is 9.58. The minimum atomic E-state index is -1.50. The monoisotopic (exact) mass is 696 g/mol. The van der Waals surface area contributed by atoms with Crippen LogP contribution in [0.25, 0.3) is 0 Å². The molecule has 0 bridgehead atoms. The average molecular weight is 698 g/mol. The van der Waals surface area contributed by atoms with Crippen molar-refractivity contribution in [3.8, 4) is 0 Å². The number of benzene rings is 2. The van der Waals surface area contributed by atoms with E-state index in [0.717, 1.165) is 23.3 Å². The molecule has 3 aromatic rings. The summed E-state index contributed by atoms with van der Waals surface area (Å²) in [5, 5.41) is 1.98. The summed E-state index contributed by atoms with van der Waals surface area (Å²) in [4.78, 5) is 67.8. The van der Waals surface area contributed by atoms with Crippen molar-refractivity contribution in [1.29, 1.82) is 0 Å². The van der Waals surface area contributed by atoms with Crippen molar-refractivity contribution < 1.29 is 33.4 Å². The normalized spacial score (nSPS) is 16.3. The van der Waals surface area contributed by atoms with Gasteiger partial charge in [0.15, 0.2) is 6.61 Å². The Labute approximate surface area is 276 Å². The molecule has 0 radical (unpaired) electrons. The number of ether oxygens (including phenoxy) is 2. The van der Waals surface area contributed by atoms with E-state index < -0.39 is 42.3 Å². The molecule has 2 heterocycles. The van der Waals surface area contributed by atoms with E-state index in [9.17, 15) is 24.0 Å². The third-order valence-corrected chi connectivity index (χ3v) is 10.5. The largest absolute Gasteiger partial charge is 0.465 e. The number of nitrogens with one attached hydrogen (secondary N) is 1. The average Bonchev–Trinajstić information content (AvgIpc) is 3.49. The van der Waals surface area contributed by atoms with Crippen LogP contribution in [0.2, 0.25) is 20.1 Å². The summed E-state index contributed by atoms with van der Waals surface area (Å²) < 4.78 is 10.3. The summed E-state index contributed by atoms with van der Waals surface area (Å²) in [5.74, 6) is -3.74. The second-order valence-electron chi connectivity index (χ2n) is 10.4. The maximum atomic E-state index is 13.5. The number of hydrogen-bond donors (Lipinski definition) is 1. The minimum Gasteiger partial charge on any atom is -0.465 e. The molecule has 2 aromatic carbocycles. The van der Waals surface area contributed by atoms with Crippen LogP contribution < -0.4 is 5.32 Å². The number of fused-ring (bicyclic) bond motifs is 2. The Morgan fingerprint density at radius 3 is 2.20 bits per heavy atom. The minimum absolute atomic E-state index is 0.133. The van der Waals surface area contributed by atoms with Crippen molar-refractivity contribution in [1.82, 2.24) is 4.90 Å². The lowest BCUT2D eigenvalue weighted by Gasteiger charge is -2.24. The highest BCUT2D eigenvalue weighted by Crippen LogP contribution is 2.45. The van der Waals surface area contributed by atoms with Gasteiger partial charge in [0.2, 0.25) is 0 Å². The maximum absolute atomic E-state index is 13.5. The number of anilines is 1. The highest BCUT2D eigenvalue weighted by molar-refractivity contribution is 7.17. The van der Waals surface area contributed by atoms with Crippen LogP contribution in [0.4, 0.5) is 5.00 Å². The van der Waals surface area contributed by atoms with Gasteiger partial charge in [0.25, 0.3) is 17.7 Å². The quantitative estimate of drug-likeness (QED) is 0.121. The van der Waals surface area contributed by atoms with E-state index in [1.54, 1.807) is 30.3 Å². The van der Waals surface area contributed by atoms with E-state index in [2.05, 4.69) is 12.2 Å². The smallest absolute Gasteiger partial charge is 0.341 e. The maximum Gasteiger partial charge on any atom is 0.341 e. The number of rotatable bonds is 8. The molecule has 230 valence electrons. The van der Waals surface area contributed by atoms with Crippen LogP contribution in [0, 0.1) is 5.92 Å². The van der Waals surface area contributed by atoms with Crippen LogP contribution in [-0.2, 0) is 38.3 Å². The second-order valence-corrected chi connectivity index (χ2v) is 13.0. The van der Waals surface area contributed by atoms with Gasteiger partial charge in [-0.1, -0.05) is 83.7 Å². The van der Waals surface area contributed by atoms with Crippen LogP contribution in [0.3, 0.4) is 0 Å². The molecule has 0 fully saturated rings. The number of imide groups is 1. The van der Waals surface area contributed by atoms with Crippen LogP contribution in [-0.4, -0.2) is 54.3 Å². The SMILES string of the molecule is COC(=O)c1c(NC(=O)COC(=O)[C@H](Cc2ccccc2)N2C(=O)c3c(Cl)c(Cl)c(Cl)c(Cl)c3C2=O)sc2c1CC[C@H](C)C2. The summed E-state index contributed by atoms with van der Waals surface area (Å²) in [6.07, 6.45) is 2.20. The van der Waals surface area contributed by atoms with E-state index >= 15 is 0 Å². The van der Waals surface area contributed by atoms with Gasteiger partial charge >= 0.3 is 11.9 Å². The topological polar surface area (TPSA) is 119 Å². The first-order valence-electron chi connectivity index (χ1n) is 13.4. The van der Waals surface area contributed by atoms with E-state index in [-0.39, 0.29) is 43.2 Å². The van der Waals surface area contributed by atoms with E-state index in [1.165, 1.54) is 18.4 Å². The molecular formula is C30H24Cl4N2O7S. The highest BCUT2D eigenvalue weighted by Gasteiger charge is 2.47. The first-order chi connectivity index (χ1) is 20.9. The molecule has 0 saturated carbocycles. The number of esters is 2. The third kappa shape index (κ3) is 5.93. The molecule has 0 unspecified atom stereocenters. The molecule has 5 rings (SSSR count). The molecule has 44 heavy (non-hydrogen) atoms. The third-order valence-electron chi connectivity index (χ3n) is 7.49. The number of hydrogen-bond acceptors (Lipinski definition) is 8. The van der Waals surface area contributed by atoms with Gasteiger partial charge in [-0.25, -0.2) is 9.59 Å². The van der Waals surface area contributed by atoms with Gasteiger partial charge in [-0.05, 0) is 36.3 Å². The zero-order chi connectivity index (χ0) is 31.9. The predicted molar refractivity (Wildman–Crippen MR) is 167 cm³/mol. The molecule has 0 spiro atoms. The molecular weight excluding hydrogens is 674 g/mol. The number of halogens is 4. The van der Waals surface area contributed by atoms with E-state index in [0.29, 0.717) is 27.8 Å². The van der Waals surface area contributed by atoms with Gasteiger partial charge < -0.3 is 14.8 Å². The molecule has 3 amide bonds. The molecule has 9 nitrogen and oxygen atoms in total. The van der Waals surface area contributed by atoms with Crippen molar-refractivity contribution in [2.75, 3.05) is 19.0 Å². The number of carbonyl (C=O) groups is 5. The summed E-state index contributed by atoms with van der Waals surface area (Å²) in [6, 6.07) is 7.11. The van der Waals surface area contributed by atoms with E-state index in [4.69, 9.17) is 55.9 Å². The fraction of sp³-hybridized carbons (Fsp3) is 0.300. The van der Waals surface area contributed by atoms with Crippen molar-refractivity contribution in [3.05, 3.63) is 83.1 Å². The molecule has 1 aromatic heterocycles. The van der Waals surface area contributed by atoms with Gasteiger partial charge in [0, 0.05) is 11.3 Å². The molecule has 2 aliphatic rings. The van der Waals surface area contributed by atoms with Crippen molar-refractivity contribution >= 4 is 92.4 Å². The van der Waals surface area contributed by atoms with Gasteiger partial charge in [-0.2, -0.15) is 0 Å². The van der Waals surface area contributed by atoms with Crippen molar-refractivity contribution in [2.24, 2.45) is 5.92 Å². The van der Waals surface area contributed by atoms with Gasteiger partial charge in [0.1, 0.15) is 11.0 Å². The lowest BCUT2D eigenvalue weighted by Crippen LogP contribution is -2.47. The molecule has 1 aliphatic carbocycles. The fourth-order valence-corrected chi connectivity index (χ4v) is 7.75. The fourth-order valence-electron chi connectivity index (χ4n) is 5.32. The molecule has 14 heteroatoms. The molecule has 0 saturated heterocycles. The summed E-state index contributed by atoms with van der Waals surface area (Å²) in [5.41, 5.74) is 1.17. The van der Waals surface area contributed by atoms with Gasteiger partial charge in [0.05, 0.1) is 43.9 Å². The lowest BCUT2D eigenvalue weighted by molar-refractivity contribution is -0.151. The molecule has 1 N–H and O–H groups in total. The Balaban J connectivity index is 1.39. The summed E-state index contributed by atoms with van der Waals surface area (Å²) in [7, 11) is 1.26. The zero-order valence-electron chi connectivity index (χ0n) is 23.3. The van der Waals surface area contributed by atoms with Crippen molar-refractivity contribution in [3.63, 3.8) is 0 Å². The predicted octanol–water partition coefficient (Wildman–Crippen LogP) is 6.66. The standard InChI is InChI=1S/C30H24Cl4N2O7S/c1-13-8-9-15-17(10-13)44-26(19(15)30(41)42-2)35-18(37)12-43-29(40)16(11-14-6-4-3-5-7-14)36-27(38)20-21(28(36)39)23(32)25(34)24(33)22(20)31/h3-7,13,16H,8-12H2,1-2H3,(H,35,37)/t13-,16-/m0/s1. The molecule has 2 atom stereocenters. The van der Waals surface area contributed by atoms with E-state index in [1.807, 2.05) is 0 Å². The van der Waals surface area contributed by atoms with Crippen LogP contribution >= 0.6 is 57.7 Å². The second kappa shape index (κ2) is 13.1. The van der Waals surface area contributed by atoms with Gasteiger partial charge in [-0.3, -0.25) is 19.3 Å². The van der Waals surface area contributed by atoms with Crippen LogP contribution in [0.15, 0.2) is 30.3 Å². The lowest BCUT2D eigenvalue weighted by atomic mass is 9.88. The number of amides is 3. The Bertz CT molecular complexity index is 1660. The summed E-state index contributed by atoms with van der Waals surface area (Å²) in [6.45, 7) is 1.36. The van der Waals surface area contributed by atoms with Crippen LogP contribution in [0.5, 0.6) is 0 Å². The Hall–Kier alpha value is -3.15. The molecule has 1 aliphatic heterocycles. The summed E-state index contributed by atoms with van der Waals surface area (Å²) >= 11 is 26.1. The first-order valence-corrected chi connectivity index (χ1v) is 15.7. The number of carbonyl (C=O) groups excluding carboxylic acids is 5. The van der Waals surface area contributed by atoms with Crippen LogP contribution in [0.1, 0.15) is 60.4 Å². The van der Waals surface area contributed by atoms with Crippen molar-refractivity contribution in [2.45, 2.75) is 38.6 Å². The number of nitrogens with zero attached hydrogens (tertiary/aromatic N) is 1. The number of thiophene rings is 1. The highest BCUT2D eigenvalue weighted by atomic mass is 35.5.